The molecule has 4 aromatic carbocycles. The van der Waals surface area contributed by atoms with Crippen LogP contribution in [0, 0.1) is 0 Å². The van der Waals surface area contributed by atoms with Gasteiger partial charge in [0, 0.05) is 34.2 Å². The molecule has 0 bridgehead atoms. The highest BCUT2D eigenvalue weighted by Crippen LogP contribution is 2.46. The quantitative estimate of drug-likeness (QED) is 0.165. The van der Waals surface area contributed by atoms with Crippen LogP contribution in [0.5, 0.6) is 5.75 Å². The van der Waals surface area contributed by atoms with Gasteiger partial charge in [-0.15, -0.1) is 0 Å². The second-order valence-electron chi connectivity index (χ2n) is 8.40. The number of halogens is 3. The zero-order valence-electron chi connectivity index (χ0n) is 19.8. The summed E-state index contributed by atoms with van der Waals surface area (Å²) in [6, 6.07) is 20.0. The number of fused-ring (bicyclic) bond motifs is 6. The molecule has 0 aliphatic carbocycles. The molecule has 7 heteroatoms. The Kier molecular flexibility index (Phi) is 9.39. The van der Waals surface area contributed by atoms with Crippen molar-refractivity contribution in [3.8, 4) is 5.75 Å². The van der Waals surface area contributed by atoms with Gasteiger partial charge in [0.25, 0.3) is 5.52 Å². The van der Waals surface area contributed by atoms with Gasteiger partial charge in [-0.25, -0.2) is 0 Å². The lowest BCUT2D eigenvalue weighted by molar-refractivity contribution is -0.674. The van der Waals surface area contributed by atoms with Crippen molar-refractivity contribution in [1.82, 2.24) is 0 Å². The highest BCUT2D eigenvalue weighted by molar-refractivity contribution is 6.37. The molecule has 1 aromatic heterocycles. The van der Waals surface area contributed by atoms with E-state index in [9.17, 15) is 0 Å². The maximum Gasteiger partial charge on any atom is 0.374 e. The largest absolute Gasteiger partial charge is 1.00 e. The van der Waals surface area contributed by atoms with Gasteiger partial charge in [0.2, 0.25) is 11.5 Å². The molecule has 4 nitrogen and oxygen atoms in total. The van der Waals surface area contributed by atoms with E-state index in [1.54, 1.807) is 0 Å². The third-order valence-corrected chi connectivity index (χ3v) is 7.11. The van der Waals surface area contributed by atoms with Crippen LogP contribution in [0.4, 0.5) is 5.69 Å². The van der Waals surface area contributed by atoms with Gasteiger partial charge < -0.3 is 38.0 Å². The van der Waals surface area contributed by atoms with Crippen molar-refractivity contribution in [3.05, 3.63) is 94.6 Å². The first-order valence-corrected chi connectivity index (χ1v) is 12.4. The van der Waals surface area contributed by atoms with Crippen LogP contribution in [-0.2, 0) is 6.54 Å². The Morgan fingerprint density at radius 1 is 0.868 bits per heavy atom. The number of allylic oxidation sites excluding steroid dienone is 2. The first kappa shape index (κ1) is 29.8. The van der Waals surface area contributed by atoms with E-state index in [0.29, 0.717) is 0 Å². The highest BCUT2D eigenvalue weighted by atomic mass is 127. The number of rotatable bonds is 4. The summed E-state index contributed by atoms with van der Waals surface area (Å²) < 4.78 is 14.8. The first-order valence-electron chi connectivity index (χ1n) is 11.7. The van der Waals surface area contributed by atoms with E-state index in [2.05, 4.69) is 23.3 Å². The number of ether oxygens (including phenoxy) is 1. The summed E-state index contributed by atoms with van der Waals surface area (Å²) in [5.74, 6) is 2.33. The van der Waals surface area contributed by atoms with Crippen LogP contribution in [-0.4, -0.2) is 6.54 Å². The number of nitrogens with zero attached hydrogens (tertiary/aromatic N) is 2. The Balaban J connectivity index is 0.00000133. The summed E-state index contributed by atoms with van der Waals surface area (Å²) >= 11 is 13.2. The minimum absolute atomic E-state index is 0. The molecule has 0 amide bonds. The van der Waals surface area contributed by atoms with Gasteiger partial charge in [0.05, 0.1) is 21.8 Å². The SMILES string of the molecule is C.C.CCN1C(=CC=Cc2oc3c4ccccc4c(Cl)cc3[n+]2CC)Oc2c1cc(Cl)c1ccccc21.[I-]. The monoisotopic (exact) mass is 660 g/mol. The number of oxazole rings is 1. The summed E-state index contributed by atoms with van der Waals surface area (Å²) in [6.45, 7) is 5.70. The summed E-state index contributed by atoms with van der Waals surface area (Å²) in [7, 11) is 0. The normalized spacial score (nSPS) is 13.5. The Bertz CT molecular complexity index is 1690. The van der Waals surface area contributed by atoms with Gasteiger partial charge in [-0.05, 0) is 32.1 Å². The second kappa shape index (κ2) is 12.0. The predicted octanol–water partition coefficient (Wildman–Crippen LogP) is 6.40. The van der Waals surface area contributed by atoms with E-state index in [1.165, 1.54) is 0 Å². The highest BCUT2D eigenvalue weighted by Gasteiger charge is 2.28. The average Bonchev–Trinajstić information content (AvgIpc) is 3.41. The zero-order chi connectivity index (χ0) is 24.1. The van der Waals surface area contributed by atoms with E-state index < -0.39 is 0 Å². The molecule has 0 N–H and O–H groups in total. The standard InChI is InChI=1S/C29H23Cl2N2O2.2CH4.HI/c1-3-32-24-16-22(30)18-10-5-7-12-20(18)28(24)34-26(32)14-9-15-27-33(4-2)25-17-23(31)19-11-6-8-13-21(19)29(25)35-27;;;/h5-17H,3-4H2,1-2H3;2*1H4;1H/q+1;;;/p-1. The van der Waals surface area contributed by atoms with Gasteiger partial charge >= 0.3 is 5.89 Å². The van der Waals surface area contributed by atoms with Gasteiger partial charge in [0.15, 0.2) is 5.75 Å². The molecule has 0 atom stereocenters. The molecule has 0 unspecified atom stereocenters. The smallest absolute Gasteiger partial charge is 0.374 e. The number of benzene rings is 4. The lowest BCUT2D eigenvalue weighted by Gasteiger charge is -2.15. The van der Waals surface area contributed by atoms with Crippen LogP contribution in [0.25, 0.3) is 38.7 Å². The predicted molar refractivity (Wildman–Crippen MR) is 158 cm³/mol. The Morgan fingerprint density at radius 2 is 1.47 bits per heavy atom. The molecule has 0 fully saturated rings. The summed E-state index contributed by atoms with van der Waals surface area (Å²) in [5, 5.41) is 5.41. The molecular formula is C31H31Cl2IN2O2. The van der Waals surface area contributed by atoms with E-state index in [4.69, 9.17) is 32.4 Å². The van der Waals surface area contributed by atoms with E-state index >= 15 is 0 Å². The fourth-order valence-electron chi connectivity index (χ4n) is 4.87. The van der Waals surface area contributed by atoms with Crippen LogP contribution in [0.3, 0.4) is 0 Å². The van der Waals surface area contributed by atoms with E-state index in [1.807, 2.05) is 78.9 Å². The fourth-order valence-corrected chi connectivity index (χ4v) is 5.40. The van der Waals surface area contributed by atoms with E-state index in [-0.39, 0.29) is 38.8 Å². The molecule has 198 valence electrons. The van der Waals surface area contributed by atoms with Crippen LogP contribution in [0.1, 0.15) is 34.6 Å². The van der Waals surface area contributed by atoms with Crippen molar-refractivity contribution in [3.63, 3.8) is 0 Å². The molecule has 0 radical (unpaired) electrons. The molecule has 0 saturated heterocycles. The molecule has 2 heterocycles. The van der Waals surface area contributed by atoms with Crippen molar-refractivity contribution < 1.29 is 37.7 Å². The molecular weight excluding hydrogens is 630 g/mol. The zero-order valence-corrected chi connectivity index (χ0v) is 23.4. The lowest BCUT2D eigenvalue weighted by atomic mass is 10.1. The third-order valence-electron chi connectivity index (χ3n) is 6.49. The maximum atomic E-state index is 6.58. The molecule has 5 aromatic rings. The number of hydrogen-bond donors (Lipinski definition) is 0. The topological polar surface area (TPSA) is 29.5 Å². The van der Waals surface area contributed by atoms with Gasteiger partial charge in [-0.2, -0.15) is 4.57 Å². The van der Waals surface area contributed by atoms with Crippen LogP contribution in [0.15, 0.2) is 83.1 Å². The van der Waals surface area contributed by atoms with E-state index in [0.717, 1.165) is 79.0 Å². The summed E-state index contributed by atoms with van der Waals surface area (Å²) in [4.78, 5) is 2.12. The average molecular weight is 661 g/mol. The molecule has 38 heavy (non-hydrogen) atoms. The van der Waals surface area contributed by atoms with Crippen LogP contribution < -0.4 is 38.2 Å². The Labute approximate surface area is 251 Å². The number of hydrogen-bond acceptors (Lipinski definition) is 3. The van der Waals surface area contributed by atoms with Gasteiger partial charge in [0.1, 0.15) is 6.54 Å². The Hall–Kier alpha value is -2.74. The lowest BCUT2D eigenvalue weighted by Crippen LogP contribution is -3.00. The minimum Gasteiger partial charge on any atom is -1.00 e. The second-order valence-corrected chi connectivity index (χ2v) is 9.21. The number of aryl methyl sites for hydroxylation is 1. The molecule has 1 aliphatic heterocycles. The van der Waals surface area contributed by atoms with Gasteiger partial charge in [-0.3, -0.25) is 0 Å². The molecule has 0 saturated carbocycles. The molecule has 6 rings (SSSR count). The van der Waals surface area contributed by atoms with Crippen molar-refractivity contribution in [1.29, 1.82) is 0 Å². The first-order chi connectivity index (χ1) is 17.1. The number of anilines is 1. The third kappa shape index (κ3) is 4.76. The van der Waals surface area contributed by atoms with Crippen molar-refractivity contribution in [2.75, 3.05) is 11.4 Å². The van der Waals surface area contributed by atoms with Crippen molar-refractivity contribution >= 4 is 67.6 Å². The summed E-state index contributed by atoms with van der Waals surface area (Å²) in [6.07, 6.45) is 5.89. The Morgan fingerprint density at radius 3 is 2.13 bits per heavy atom. The van der Waals surface area contributed by atoms with Crippen molar-refractivity contribution in [2.45, 2.75) is 35.2 Å². The number of aromatic nitrogens is 1. The molecule has 1 aliphatic rings. The van der Waals surface area contributed by atoms with Crippen LogP contribution in [0.2, 0.25) is 10.0 Å². The van der Waals surface area contributed by atoms with Crippen LogP contribution >= 0.6 is 23.2 Å². The van der Waals surface area contributed by atoms with Crippen molar-refractivity contribution in [2.24, 2.45) is 0 Å². The maximum absolute atomic E-state index is 6.58. The fraction of sp³-hybridized carbons (Fsp3) is 0.194. The van der Waals surface area contributed by atoms with Gasteiger partial charge in [-0.1, -0.05) is 86.6 Å². The summed E-state index contributed by atoms with van der Waals surface area (Å²) in [5.41, 5.74) is 2.79. The minimum atomic E-state index is 0. The molecule has 0 spiro atoms.